The van der Waals surface area contributed by atoms with Crippen LogP contribution in [0.15, 0.2) is 36.4 Å². The summed E-state index contributed by atoms with van der Waals surface area (Å²) in [5, 5.41) is 0. The lowest BCUT2D eigenvalue weighted by Gasteiger charge is -2.11. The lowest BCUT2D eigenvalue weighted by Crippen LogP contribution is -2.07. The minimum absolute atomic E-state index is 0.0710. The molecule has 2 rings (SSSR count). The summed E-state index contributed by atoms with van der Waals surface area (Å²) in [5.74, 6) is -2.16. The molecule has 0 saturated heterocycles. The van der Waals surface area contributed by atoms with Crippen LogP contribution < -0.4 is 10.5 Å². The van der Waals surface area contributed by atoms with Gasteiger partial charge in [0.2, 0.25) is 0 Å². The van der Waals surface area contributed by atoms with Crippen molar-refractivity contribution < 1.29 is 17.9 Å². The lowest BCUT2D eigenvalue weighted by molar-refractivity contribution is 0.295. The lowest BCUT2D eigenvalue weighted by atomic mass is 10.1. The zero-order chi connectivity index (χ0) is 14.7. The molecule has 2 aromatic rings. The van der Waals surface area contributed by atoms with Gasteiger partial charge in [0.05, 0.1) is 0 Å². The second-order valence-electron chi connectivity index (χ2n) is 4.47. The van der Waals surface area contributed by atoms with Gasteiger partial charge in [-0.3, -0.25) is 0 Å². The van der Waals surface area contributed by atoms with Crippen LogP contribution in [0.1, 0.15) is 24.1 Å². The fourth-order valence-electron chi connectivity index (χ4n) is 1.79. The average molecular weight is 281 g/mol. The summed E-state index contributed by atoms with van der Waals surface area (Å²) >= 11 is 0. The number of ether oxygens (including phenoxy) is 1. The van der Waals surface area contributed by atoms with Gasteiger partial charge in [-0.15, -0.1) is 0 Å². The molecule has 0 radical (unpaired) electrons. The second kappa shape index (κ2) is 5.96. The number of benzene rings is 2. The van der Waals surface area contributed by atoms with Crippen molar-refractivity contribution in [3.8, 4) is 5.75 Å². The maximum absolute atomic E-state index is 13.7. The molecular formula is C15H14F3NO. The van der Waals surface area contributed by atoms with Gasteiger partial charge in [-0.25, -0.2) is 13.2 Å². The van der Waals surface area contributed by atoms with Crippen molar-refractivity contribution >= 4 is 0 Å². The molecule has 0 aliphatic carbocycles. The van der Waals surface area contributed by atoms with Gasteiger partial charge in [0.15, 0.2) is 11.6 Å². The van der Waals surface area contributed by atoms with Gasteiger partial charge < -0.3 is 10.5 Å². The quantitative estimate of drug-likeness (QED) is 0.927. The van der Waals surface area contributed by atoms with Crippen LogP contribution in [0.2, 0.25) is 0 Å². The summed E-state index contributed by atoms with van der Waals surface area (Å²) in [6.45, 7) is 1.49. The molecule has 0 spiro atoms. The molecule has 1 unspecified atom stereocenters. The molecule has 0 fully saturated rings. The molecule has 2 aromatic carbocycles. The van der Waals surface area contributed by atoms with E-state index in [1.807, 2.05) is 0 Å². The van der Waals surface area contributed by atoms with Crippen molar-refractivity contribution in [2.75, 3.05) is 0 Å². The summed E-state index contributed by atoms with van der Waals surface area (Å²) in [6, 6.07) is 7.62. The highest BCUT2D eigenvalue weighted by Gasteiger charge is 2.10. The summed E-state index contributed by atoms with van der Waals surface area (Å²) in [4.78, 5) is 0. The predicted molar refractivity (Wildman–Crippen MR) is 69.7 cm³/mol. The Labute approximate surface area is 115 Å². The maximum Gasteiger partial charge on any atom is 0.165 e. The summed E-state index contributed by atoms with van der Waals surface area (Å²) in [5.41, 5.74) is 6.03. The molecule has 0 amide bonds. The Kier molecular flexibility index (Phi) is 4.29. The number of rotatable bonds is 4. The SMILES string of the molecule is CC(N)c1ccc(OCc2cccc(F)c2F)cc1F. The Bertz CT molecular complexity index is 614. The normalized spacial score (nSPS) is 12.2. The van der Waals surface area contributed by atoms with Crippen LogP contribution >= 0.6 is 0 Å². The van der Waals surface area contributed by atoms with E-state index in [4.69, 9.17) is 10.5 Å². The highest BCUT2D eigenvalue weighted by Crippen LogP contribution is 2.22. The molecule has 0 saturated carbocycles. The molecule has 1 atom stereocenters. The molecule has 2 nitrogen and oxygen atoms in total. The fourth-order valence-corrected chi connectivity index (χ4v) is 1.79. The van der Waals surface area contributed by atoms with Gasteiger partial charge in [-0.2, -0.15) is 0 Å². The molecule has 0 aliphatic heterocycles. The molecule has 0 heterocycles. The molecule has 0 aliphatic rings. The molecule has 5 heteroatoms. The minimum Gasteiger partial charge on any atom is -0.489 e. The number of halogens is 3. The molecule has 0 bridgehead atoms. The number of nitrogens with two attached hydrogens (primary N) is 1. The van der Waals surface area contributed by atoms with Crippen LogP contribution in [-0.4, -0.2) is 0 Å². The third kappa shape index (κ3) is 3.11. The van der Waals surface area contributed by atoms with E-state index in [9.17, 15) is 13.2 Å². The van der Waals surface area contributed by atoms with Crippen molar-refractivity contribution in [1.29, 1.82) is 0 Å². The van der Waals surface area contributed by atoms with Gasteiger partial charge in [0.25, 0.3) is 0 Å². The molecule has 106 valence electrons. The van der Waals surface area contributed by atoms with E-state index < -0.39 is 23.5 Å². The van der Waals surface area contributed by atoms with E-state index in [1.54, 1.807) is 13.0 Å². The van der Waals surface area contributed by atoms with Gasteiger partial charge in [0.1, 0.15) is 18.2 Å². The van der Waals surface area contributed by atoms with Gasteiger partial charge in [0, 0.05) is 23.2 Å². The van der Waals surface area contributed by atoms with Crippen LogP contribution in [0, 0.1) is 17.5 Å². The molecule has 2 N–H and O–H groups in total. The van der Waals surface area contributed by atoms with Crippen molar-refractivity contribution in [2.24, 2.45) is 5.73 Å². The van der Waals surface area contributed by atoms with Crippen LogP contribution in [0.5, 0.6) is 5.75 Å². The molecule has 20 heavy (non-hydrogen) atoms. The molecular weight excluding hydrogens is 267 g/mol. The first-order chi connectivity index (χ1) is 9.49. The van der Waals surface area contributed by atoms with Gasteiger partial charge in [-0.05, 0) is 19.1 Å². The first kappa shape index (κ1) is 14.4. The highest BCUT2D eigenvalue weighted by atomic mass is 19.2. The third-order valence-electron chi connectivity index (χ3n) is 2.89. The van der Waals surface area contributed by atoms with E-state index >= 15 is 0 Å². The second-order valence-corrected chi connectivity index (χ2v) is 4.47. The minimum atomic E-state index is -0.958. The van der Waals surface area contributed by atoms with E-state index in [0.29, 0.717) is 5.56 Å². The monoisotopic (exact) mass is 281 g/mol. The van der Waals surface area contributed by atoms with Crippen LogP contribution in [0.4, 0.5) is 13.2 Å². The largest absolute Gasteiger partial charge is 0.489 e. The zero-order valence-corrected chi connectivity index (χ0v) is 10.9. The molecule has 0 aromatic heterocycles. The van der Waals surface area contributed by atoms with E-state index in [0.717, 1.165) is 6.07 Å². The smallest absolute Gasteiger partial charge is 0.165 e. The Morgan fingerprint density at radius 3 is 2.50 bits per heavy atom. The van der Waals surface area contributed by atoms with E-state index in [2.05, 4.69) is 0 Å². The third-order valence-corrected chi connectivity index (χ3v) is 2.89. The standard InChI is InChI=1S/C15H14F3NO/c1-9(19)12-6-5-11(7-14(12)17)20-8-10-3-2-4-13(16)15(10)18/h2-7,9H,8,19H2,1H3. The van der Waals surface area contributed by atoms with Crippen LogP contribution in [-0.2, 0) is 6.61 Å². The average Bonchev–Trinajstić information content (AvgIpc) is 2.40. The highest BCUT2D eigenvalue weighted by molar-refractivity contribution is 5.31. The first-order valence-corrected chi connectivity index (χ1v) is 6.09. The zero-order valence-electron chi connectivity index (χ0n) is 10.9. The van der Waals surface area contributed by atoms with Crippen LogP contribution in [0.3, 0.4) is 0 Å². The first-order valence-electron chi connectivity index (χ1n) is 6.09. The Morgan fingerprint density at radius 1 is 1.10 bits per heavy atom. The summed E-state index contributed by atoms with van der Waals surface area (Å²) < 4.78 is 45.3. The van der Waals surface area contributed by atoms with Crippen molar-refractivity contribution in [3.05, 3.63) is 65.0 Å². The number of hydrogen-bond acceptors (Lipinski definition) is 2. The summed E-state index contributed by atoms with van der Waals surface area (Å²) in [7, 11) is 0. The Balaban J connectivity index is 2.11. The Morgan fingerprint density at radius 2 is 1.85 bits per heavy atom. The van der Waals surface area contributed by atoms with Crippen molar-refractivity contribution in [2.45, 2.75) is 19.6 Å². The van der Waals surface area contributed by atoms with Gasteiger partial charge >= 0.3 is 0 Å². The van der Waals surface area contributed by atoms with Crippen LogP contribution in [0.25, 0.3) is 0 Å². The Hall–Kier alpha value is -2.01. The number of hydrogen-bond donors (Lipinski definition) is 1. The maximum atomic E-state index is 13.7. The van der Waals surface area contributed by atoms with E-state index in [-0.39, 0.29) is 17.9 Å². The predicted octanol–water partition coefficient (Wildman–Crippen LogP) is 3.70. The van der Waals surface area contributed by atoms with Gasteiger partial charge in [-0.1, -0.05) is 18.2 Å². The topological polar surface area (TPSA) is 35.2 Å². The fraction of sp³-hybridized carbons (Fsp3) is 0.200. The summed E-state index contributed by atoms with van der Waals surface area (Å²) in [6.07, 6.45) is 0. The van der Waals surface area contributed by atoms with Crippen molar-refractivity contribution in [3.63, 3.8) is 0 Å². The van der Waals surface area contributed by atoms with Crippen molar-refractivity contribution in [1.82, 2.24) is 0 Å². The van der Waals surface area contributed by atoms with E-state index in [1.165, 1.54) is 24.3 Å².